The van der Waals surface area contributed by atoms with Crippen molar-refractivity contribution in [1.82, 2.24) is 15.2 Å². The number of ether oxygens (including phenoxy) is 4. The molecule has 0 aliphatic heterocycles. The summed E-state index contributed by atoms with van der Waals surface area (Å²) in [6.07, 6.45) is -8.93. The molecule has 2 atom stereocenters. The van der Waals surface area contributed by atoms with Gasteiger partial charge in [-0.15, -0.1) is 10.2 Å². The van der Waals surface area contributed by atoms with Gasteiger partial charge in [-0.3, -0.25) is 4.79 Å². The van der Waals surface area contributed by atoms with Crippen LogP contribution in [0.4, 0.5) is 28.4 Å². The molecule has 2 aromatic heterocycles. The second-order valence-corrected chi connectivity index (χ2v) is 13.3. The minimum atomic E-state index is -5.14. The zero-order chi connectivity index (χ0) is 36.8. The number of aromatic amines is 1. The third-order valence-corrected chi connectivity index (χ3v) is 6.65. The van der Waals surface area contributed by atoms with Crippen LogP contribution in [0.5, 0.6) is 0 Å². The molecular formula is C33H43F3N4O9. The Morgan fingerprint density at radius 3 is 2.10 bits per heavy atom. The van der Waals surface area contributed by atoms with Crippen molar-refractivity contribution >= 4 is 17.9 Å². The van der Waals surface area contributed by atoms with E-state index in [1.807, 2.05) is 0 Å². The van der Waals surface area contributed by atoms with E-state index in [1.54, 1.807) is 71.9 Å². The number of amides is 2. The SMILES string of the molecule is Cc1cc(N(C(=O)OC(C)(C)C)C(=O)OC(C)(C)C)c(-c2nnc(C(CCOCC[C@H](C)O)(OCc3ccccc3)C(F)(F)F)o2)[nH]c1=O. The summed E-state index contributed by atoms with van der Waals surface area (Å²) in [4.78, 5) is 42.6. The topological polar surface area (TPSA) is 166 Å². The van der Waals surface area contributed by atoms with Gasteiger partial charge < -0.3 is 33.5 Å². The normalized spacial score (nSPS) is 14.2. The molecule has 270 valence electrons. The Balaban J connectivity index is 2.19. The number of H-pyrrole nitrogens is 1. The molecule has 3 rings (SSSR count). The van der Waals surface area contributed by atoms with Gasteiger partial charge in [0.15, 0.2) is 0 Å². The second kappa shape index (κ2) is 15.5. The van der Waals surface area contributed by atoms with Crippen LogP contribution in [0, 0.1) is 6.92 Å². The number of imide groups is 1. The Morgan fingerprint density at radius 2 is 1.57 bits per heavy atom. The zero-order valence-corrected chi connectivity index (χ0v) is 28.8. The molecule has 0 saturated heterocycles. The average Bonchev–Trinajstić information content (AvgIpc) is 3.44. The van der Waals surface area contributed by atoms with Crippen LogP contribution < -0.4 is 10.5 Å². The summed E-state index contributed by atoms with van der Waals surface area (Å²) in [6, 6.07) is 9.25. The van der Waals surface area contributed by atoms with Crippen LogP contribution in [-0.2, 0) is 31.2 Å². The van der Waals surface area contributed by atoms with Crippen LogP contribution in [0.2, 0.25) is 0 Å². The number of aromatic nitrogens is 3. The van der Waals surface area contributed by atoms with E-state index >= 15 is 13.2 Å². The number of hydrogen-bond acceptors (Lipinski definition) is 11. The second-order valence-electron chi connectivity index (χ2n) is 13.3. The average molecular weight is 697 g/mol. The van der Waals surface area contributed by atoms with E-state index in [0.717, 1.165) is 6.07 Å². The number of halogens is 3. The third kappa shape index (κ3) is 10.6. The summed E-state index contributed by atoms with van der Waals surface area (Å²) in [7, 11) is 0. The van der Waals surface area contributed by atoms with E-state index in [1.165, 1.54) is 13.8 Å². The molecule has 49 heavy (non-hydrogen) atoms. The van der Waals surface area contributed by atoms with Gasteiger partial charge in [-0.25, -0.2) is 9.59 Å². The molecule has 2 N–H and O–H groups in total. The van der Waals surface area contributed by atoms with Crippen molar-refractivity contribution in [2.75, 3.05) is 18.1 Å². The van der Waals surface area contributed by atoms with Gasteiger partial charge in [0.25, 0.3) is 17.3 Å². The van der Waals surface area contributed by atoms with Crippen LogP contribution >= 0.6 is 0 Å². The summed E-state index contributed by atoms with van der Waals surface area (Å²) in [5.74, 6) is -1.70. The number of alkyl halides is 3. The summed E-state index contributed by atoms with van der Waals surface area (Å²) in [6.45, 7) is 11.2. The lowest BCUT2D eigenvalue weighted by molar-refractivity contribution is -0.302. The number of benzene rings is 1. The molecule has 0 bridgehead atoms. The first-order valence-electron chi connectivity index (χ1n) is 15.5. The number of rotatable bonds is 12. The first-order chi connectivity index (χ1) is 22.6. The smallest absolute Gasteiger partial charge is 0.426 e. The van der Waals surface area contributed by atoms with E-state index in [2.05, 4.69) is 15.2 Å². The van der Waals surface area contributed by atoms with Crippen molar-refractivity contribution in [2.45, 2.75) is 104 Å². The summed E-state index contributed by atoms with van der Waals surface area (Å²) in [5.41, 5.74) is -6.49. The standard InChI is InChI=1S/C33H43F3N4O9/c1-20-18-23(40(28(43)48-30(3,4)5)29(44)49-31(6,7)8)24(37-25(20)42)26-38-39-27(47-26)32(33(34,35)36,15-17-45-16-14-21(2)41)46-19-22-12-10-9-11-13-22/h9-13,18,21,41H,14-17,19H2,1-8H3,(H,37,42)/t21-,32?/m0/s1. The first kappa shape index (κ1) is 39.2. The number of carbonyl (C=O) groups excluding carboxylic acids is 2. The van der Waals surface area contributed by atoms with Crippen LogP contribution in [0.15, 0.2) is 45.6 Å². The highest BCUT2D eigenvalue weighted by molar-refractivity contribution is 6.11. The van der Waals surface area contributed by atoms with Crippen molar-refractivity contribution in [3.63, 3.8) is 0 Å². The molecule has 0 aliphatic rings. The number of hydrogen-bond donors (Lipinski definition) is 2. The molecule has 1 unspecified atom stereocenters. The summed E-state index contributed by atoms with van der Waals surface area (Å²) >= 11 is 0. The highest BCUT2D eigenvalue weighted by atomic mass is 19.4. The third-order valence-electron chi connectivity index (χ3n) is 6.65. The number of carbonyl (C=O) groups is 2. The van der Waals surface area contributed by atoms with Gasteiger partial charge >= 0.3 is 18.4 Å². The Kier molecular flexibility index (Phi) is 12.4. The number of aryl methyl sites for hydroxylation is 1. The lowest BCUT2D eigenvalue weighted by atomic mass is 9.98. The molecule has 0 aliphatic carbocycles. The number of aliphatic hydroxyl groups is 1. The lowest BCUT2D eigenvalue weighted by Gasteiger charge is -2.32. The van der Waals surface area contributed by atoms with Gasteiger partial charge in [0.2, 0.25) is 5.60 Å². The van der Waals surface area contributed by atoms with Crippen molar-refractivity contribution in [3.05, 3.63) is 63.8 Å². The molecule has 2 amide bonds. The Hall–Kier alpha value is -4.28. The molecule has 0 saturated carbocycles. The Morgan fingerprint density at radius 1 is 0.980 bits per heavy atom. The van der Waals surface area contributed by atoms with Crippen LogP contribution in [-0.4, -0.2) is 69.2 Å². The Labute approximate surface area is 281 Å². The monoisotopic (exact) mass is 696 g/mol. The highest BCUT2D eigenvalue weighted by Crippen LogP contribution is 2.46. The first-order valence-corrected chi connectivity index (χ1v) is 15.5. The molecule has 2 heterocycles. The van der Waals surface area contributed by atoms with E-state index in [-0.39, 0.29) is 24.3 Å². The number of pyridine rings is 1. The molecule has 0 fully saturated rings. The Bertz CT molecular complexity index is 1600. The van der Waals surface area contributed by atoms with Crippen LogP contribution in [0.25, 0.3) is 11.6 Å². The number of anilines is 1. The summed E-state index contributed by atoms with van der Waals surface area (Å²) < 4.78 is 72.8. The van der Waals surface area contributed by atoms with Crippen molar-refractivity contribution in [3.8, 4) is 11.6 Å². The molecule has 16 heteroatoms. The van der Waals surface area contributed by atoms with Crippen molar-refractivity contribution in [2.24, 2.45) is 0 Å². The van der Waals surface area contributed by atoms with E-state index < -0.39 is 83.9 Å². The van der Waals surface area contributed by atoms with Crippen LogP contribution in [0.3, 0.4) is 0 Å². The van der Waals surface area contributed by atoms with Gasteiger partial charge in [-0.1, -0.05) is 30.3 Å². The quantitative estimate of drug-likeness (QED) is 0.197. The zero-order valence-electron chi connectivity index (χ0n) is 28.8. The fraction of sp³-hybridized carbons (Fsp3) is 0.545. The fourth-order valence-corrected chi connectivity index (χ4v) is 4.27. The number of aliphatic hydroxyl groups excluding tert-OH is 1. The number of nitrogens with zero attached hydrogens (tertiary/aromatic N) is 3. The molecule has 13 nitrogen and oxygen atoms in total. The van der Waals surface area contributed by atoms with Crippen molar-refractivity contribution < 1.29 is 51.2 Å². The maximum Gasteiger partial charge on any atom is 0.426 e. The molecule has 0 radical (unpaired) electrons. The van der Waals surface area contributed by atoms with Gasteiger partial charge in [0.05, 0.1) is 25.0 Å². The molecular weight excluding hydrogens is 653 g/mol. The number of nitrogens with one attached hydrogen (secondary N) is 1. The predicted molar refractivity (Wildman–Crippen MR) is 171 cm³/mol. The van der Waals surface area contributed by atoms with Crippen molar-refractivity contribution in [1.29, 1.82) is 0 Å². The van der Waals surface area contributed by atoms with E-state index in [0.29, 0.717) is 10.5 Å². The summed E-state index contributed by atoms with van der Waals surface area (Å²) in [5, 5.41) is 17.0. The van der Waals surface area contributed by atoms with Gasteiger partial charge in [-0.2, -0.15) is 18.1 Å². The molecule has 1 aromatic carbocycles. The predicted octanol–water partition coefficient (Wildman–Crippen LogP) is 6.56. The van der Waals surface area contributed by atoms with Gasteiger partial charge in [0, 0.05) is 18.6 Å². The fourth-order valence-electron chi connectivity index (χ4n) is 4.27. The molecule has 0 spiro atoms. The lowest BCUT2D eigenvalue weighted by Crippen LogP contribution is -2.46. The minimum Gasteiger partial charge on any atom is -0.443 e. The highest BCUT2D eigenvalue weighted by Gasteiger charge is 2.61. The van der Waals surface area contributed by atoms with Crippen LogP contribution in [0.1, 0.15) is 78.3 Å². The largest absolute Gasteiger partial charge is 0.443 e. The maximum atomic E-state index is 15.1. The van der Waals surface area contributed by atoms with E-state index in [4.69, 9.17) is 23.4 Å². The molecule has 3 aromatic rings. The van der Waals surface area contributed by atoms with E-state index in [9.17, 15) is 19.5 Å². The van der Waals surface area contributed by atoms with Gasteiger partial charge in [-0.05, 0) is 73.4 Å². The minimum absolute atomic E-state index is 0.0285. The maximum absolute atomic E-state index is 15.1. The van der Waals surface area contributed by atoms with Gasteiger partial charge in [0.1, 0.15) is 16.9 Å².